The highest BCUT2D eigenvalue weighted by Gasteiger charge is 2.09. The molecule has 0 aliphatic heterocycles. The van der Waals surface area contributed by atoms with Crippen molar-refractivity contribution in [1.82, 2.24) is 0 Å². The Bertz CT molecular complexity index is 722. The van der Waals surface area contributed by atoms with Crippen LogP contribution in [-0.4, -0.2) is 19.2 Å². The molecule has 0 aliphatic carbocycles. The highest BCUT2D eigenvalue weighted by Crippen LogP contribution is 2.23. The summed E-state index contributed by atoms with van der Waals surface area (Å²) in [4.78, 5) is 22.1. The number of carbonyl (C=O) groups excluding carboxylic acids is 1. The Morgan fingerprint density at radius 3 is 1.81 bits per heavy atom. The number of carbonyl (C=O) groups is 1. The molecule has 4 heteroatoms. The van der Waals surface area contributed by atoms with Gasteiger partial charge in [0.1, 0.15) is 5.75 Å². The van der Waals surface area contributed by atoms with Crippen molar-refractivity contribution in [2.24, 2.45) is 0 Å². The molecule has 0 amide bonds. The van der Waals surface area contributed by atoms with Crippen molar-refractivity contribution >= 4 is 5.97 Å². The third-order valence-corrected chi connectivity index (χ3v) is 5.29. The Morgan fingerprint density at radius 1 is 0.645 bits per heavy atom. The molecular formula is C27H38O4. The molecule has 0 unspecified atom stereocenters. The minimum absolute atomic E-state index is 0.447. The van der Waals surface area contributed by atoms with E-state index in [-0.39, 0.29) is 0 Å². The van der Waals surface area contributed by atoms with Crippen LogP contribution in [0.1, 0.15) is 88.4 Å². The van der Waals surface area contributed by atoms with Crippen LogP contribution in [-0.2, 0) is 9.78 Å². The molecule has 0 aliphatic rings. The number of hydrogen-bond donors (Lipinski definition) is 0. The lowest BCUT2D eigenvalue weighted by Gasteiger charge is -2.08. The van der Waals surface area contributed by atoms with E-state index in [2.05, 4.69) is 13.8 Å². The lowest BCUT2D eigenvalue weighted by atomic mass is 10.0. The molecule has 2 aromatic carbocycles. The van der Waals surface area contributed by atoms with E-state index in [4.69, 9.17) is 14.5 Å². The van der Waals surface area contributed by atoms with Crippen molar-refractivity contribution in [1.29, 1.82) is 0 Å². The lowest BCUT2D eigenvalue weighted by Crippen LogP contribution is -2.07. The summed E-state index contributed by atoms with van der Waals surface area (Å²) in [7, 11) is 0. The number of hydrogen-bond acceptors (Lipinski definition) is 4. The van der Waals surface area contributed by atoms with E-state index in [0.717, 1.165) is 42.7 Å². The minimum atomic E-state index is -0.454. The molecule has 0 radical (unpaired) electrons. The summed E-state index contributed by atoms with van der Waals surface area (Å²) in [5.41, 5.74) is 2.61. The van der Waals surface area contributed by atoms with Gasteiger partial charge in [-0.05, 0) is 48.2 Å². The van der Waals surface area contributed by atoms with Crippen LogP contribution < -0.4 is 4.74 Å². The molecule has 0 atom stereocenters. The normalized spacial score (nSPS) is 10.8. The summed E-state index contributed by atoms with van der Waals surface area (Å²) in [6, 6.07) is 15.4. The van der Waals surface area contributed by atoms with Gasteiger partial charge >= 0.3 is 5.97 Å². The fourth-order valence-corrected chi connectivity index (χ4v) is 3.35. The van der Waals surface area contributed by atoms with Gasteiger partial charge in [-0.2, -0.15) is 4.89 Å². The van der Waals surface area contributed by atoms with Crippen LogP contribution in [0.5, 0.6) is 5.75 Å². The van der Waals surface area contributed by atoms with Gasteiger partial charge in [0.25, 0.3) is 0 Å². The van der Waals surface area contributed by atoms with E-state index in [1.807, 2.05) is 36.4 Å². The maximum atomic E-state index is 12.1. The standard InChI is InChI=1S/C27H38O4/c1-3-5-7-9-10-12-22-30-31-27(28)25-15-13-23(14-16-25)24-17-19-26(20-18-24)29-21-11-8-6-4-2/h13-20H,3-12,21-22H2,1-2H3. The summed E-state index contributed by atoms with van der Waals surface area (Å²) in [6.45, 7) is 5.62. The average Bonchev–Trinajstić information content (AvgIpc) is 2.81. The van der Waals surface area contributed by atoms with Crippen LogP contribution in [0.25, 0.3) is 11.1 Å². The van der Waals surface area contributed by atoms with Gasteiger partial charge in [0.15, 0.2) is 0 Å². The Labute approximate surface area is 187 Å². The molecule has 0 heterocycles. The monoisotopic (exact) mass is 426 g/mol. The molecule has 2 rings (SSSR count). The summed E-state index contributed by atoms with van der Waals surface area (Å²) in [5.74, 6) is 0.437. The predicted octanol–water partition coefficient (Wildman–Crippen LogP) is 7.76. The SMILES string of the molecule is CCCCCCCCOOC(=O)c1ccc(-c2ccc(OCCCCCC)cc2)cc1. The van der Waals surface area contributed by atoms with Crippen LogP contribution in [0.15, 0.2) is 48.5 Å². The van der Waals surface area contributed by atoms with Crippen LogP contribution in [0.3, 0.4) is 0 Å². The Balaban J connectivity index is 1.71. The van der Waals surface area contributed by atoms with Crippen molar-refractivity contribution in [3.8, 4) is 16.9 Å². The topological polar surface area (TPSA) is 44.8 Å². The fourth-order valence-electron chi connectivity index (χ4n) is 3.35. The lowest BCUT2D eigenvalue weighted by molar-refractivity contribution is -0.241. The molecule has 0 saturated heterocycles. The third-order valence-electron chi connectivity index (χ3n) is 5.29. The molecule has 2 aromatic rings. The number of rotatable bonds is 16. The van der Waals surface area contributed by atoms with Gasteiger partial charge in [0, 0.05) is 0 Å². The predicted molar refractivity (Wildman–Crippen MR) is 126 cm³/mol. The van der Waals surface area contributed by atoms with Gasteiger partial charge in [-0.15, -0.1) is 0 Å². The second-order valence-electron chi connectivity index (χ2n) is 7.97. The van der Waals surface area contributed by atoms with E-state index in [1.54, 1.807) is 12.1 Å². The molecule has 0 saturated carbocycles. The average molecular weight is 427 g/mol. The van der Waals surface area contributed by atoms with Crippen LogP contribution in [0.4, 0.5) is 0 Å². The molecule has 0 bridgehead atoms. The van der Waals surface area contributed by atoms with Gasteiger partial charge in [-0.1, -0.05) is 89.5 Å². The first-order valence-electron chi connectivity index (χ1n) is 11.9. The van der Waals surface area contributed by atoms with Gasteiger partial charge in [-0.3, -0.25) is 4.89 Å². The second-order valence-corrected chi connectivity index (χ2v) is 7.97. The van der Waals surface area contributed by atoms with Crippen molar-refractivity contribution in [3.05, 3.63) is 54.1 Å². The first kappa shape index (κ1) is 24.9. The third kappa shape index (κ3) is 10.0. The Morgan fingerprint density at radius 2 is 1.16 bits per heavy atom. The first-order valence-corrected chi connectivity index (χ1v) is 11.9. The van der Waals surface area contributed by atoms with E-state index >= 15 is 0 Å². The molecule has 0 N–H and O–H groups in total. The van der Waals surface area contributed by atoms with Crippen LogP contribution >= 0.6 is 0 Å². The molecule has 0 spiro atoms. The number of benzene rings is 2. The zero-order valence-corrected chi connectivity index (χ0v) is 19.2. The van der Waals surface area contributed by atoms with Gasteiger partial charge in [0.05, 0.1) is 18.8 Å². The highest BCUT2D eigenvalue weighted by molar-refractivity contribution is 5.89. The van der Waals surface area contributed by atoms with Gasteiger partial charge in [0.2, 0.25) is 0 Å². The van der Waals surface area contributed by atoms with Crippen molar-refractivity contribution in [3.63, 3.8) is 0 Å². The second kappa shape index (κ2) is 15.5. The number of ether oxygens (including phenoxy) is 1. The quantitative estimate of drug-likeness (QED) is 0.156. The maximum Gasteiger partial charge on any atom is 0.373 e. The van der Waals surface area contributed by atoms with E-state index in [9.17, 15) is 4.79 Å². The van der Waals surface area contributed by atoms with Crippen molar-refractivity contribution < 1.29 is 19.3 Å². The summed E-state index contributed by atoms with van der Waals surface area (Å²) < 4.78 is 5.80. The Hall–Kier alpha value is -2.33. The minimum Gasteiger partial charge on any atom is -0.494 e. The Kier molecular flexibility index (Phi) is 12.4. The summed E-state index contributed by atoms with van der Waals surface area (Å²) in [6.07, 6.45) is 11.8. The van der Waals surface area contributed by atoms with E-state index in [1.165, 1.54) is 44.9 Å². The fraction of sp³-hybridized carbons (Fsp3) is 0.519. The summed E-state index contributed by atoms with van der Waals surface area (Å²) in [5, 5.41) is 0. The van der Waals surface area contributed by atoms with Gasteiger partial charge in [-0.25, -0.2) is 4.79 Å². The smallest absolute Gasteiger partial charge is 0.373 e. The zero-order valence-electron chi connectivity index (χ0n) is 19.2. The molecule has 0 fully saturated rings. The van der Waals surface area contributed by atoms with E-state index < -0.39 is 5.97 Å². The molecular weight excluding hydrogens is 388 g/mol. The molecule has 170 valence electrons. The summed E-state index contributed by atoms with van der Waals surface area (Å²) >= 11 is 0. The largest absolute Gasteiger partial charge is 0.494 e. The number of unbranched alkanes of at least 4 members (excludes halogenated alkanes) is 8. The van der Waals surface area contributed by atoms with Crippen LogP contribution in [0, 0.1) is 0 Å². The molecule has 4 nitrogen and oxygen atoms in total. The maximum absolute atomic E-state index is 12.1. The zero-order chi connectivity index (χ0) is 22.2. The molecule has 31 heavy (non-hydrogen) atoms. The first-order chi connectivity index (χ1) is 15.2. The van der Waals surface area contributed by atoms with Gasteiger partial charge < -0.3 is 4.74 Å². The van der Waals surface area contributed by atoms with Crippen molar-refractivity contribution in [2.45, 2.75) is 78.1 Å². The van der Waals surface area contributed by atoms with E-state index in [0.29, 0.717) is 12.2 Å². The molecule has 0 aromatic heterocycles. The van der Waals surface area contributed by atoms with Crippen molar-refractivity contribution in [2.75, 3.05) is 13.2 Å². The highest BCUT2D eigenvalue weighted by atomic mass is 17.2. The van der Waals surface area contributed by atoms with Crippen LogP contribution in [0.2, 0.25) is 0 Å².